The van der Waals surface area contributed by atoms with Gasteiger partial charge in [0.1, 0.15) is 11.5 Å². The summed E-state index contributed by atoms with van der Waals surface area (Å²) in [4.78, 5) is 12.5. The molecular formula is C22H21ClN2O3. The van der Waals surface area contributed by atoms with Gasteiger partial charge in [0, 0.05) is 5.02 Å². The molecule has 28 heavy (non-hydrogen) atoms. The molecule has 3 rings (SSSR count). The third kappa shape index (κ3) is 5.41. The van der Waals surface area contributed by atoms with E-state index < -0.39 is 0 Å². The van der Waals surface area contributed by atoms with Crippen LogP contribution in [0.15, 0.2) is 72.8 Å². The predicted molar refractivity (Wildman–Crippen MR) is 113 cm³/mol. The maximum absolute atomic E-state index is 12.5. The van der Waals surface area contributed by atoms with Gasteiger partial charge in [0.05, 0.1) is 24.5 Å². The molecule has 0 aromatic heterocycles. The SMILES string of the molecule is CCOc1ccccc1NCC(=O)Nc1cc(Cl)ccc1Oc1ccccc1. The number of halogens is 1. The standard InChI is InChI=1S/C22H21ClN2O3/c1-2-27-20-11-7-6-10-18(20)24-15-22(26)25-19-14-16(23)12-13-21(19)28-17-8-4-3-5-9-17/h3-14,24H,2,15H2,1H3,(H,25,26). The van der Waals surface area contributed by atoms with Gasteiger partial charge in [-0.1, -0.05) is 41.9 Å². The van der Waals surface area contributed by atoms with Crippen molar-refractivity contribution >= 4 is 28.9 Å². The number of ether oxygens (including phenoxy) is 2. The maximum Gasteiger partial charge on any atom is 0.243 e. The number of para-hydroxylation sites is 3. The Morgan fingerprint density at radius 1 is 0.929 bits per heavy atom. The molecule has 0 aliphatic heterocycles. The van der Waals surface area contributed by atoms with Crippen LogP contribution in [0.1, 0.15) is 6.92 Å². The number of anilines is 2. The van der Waals surface area contributed by atoms with E-state index >= 15 is 0 Å². The molecule has 0 aliphatic rings. The zero-order valence-electron chi connectivity index (χ0n) is 15.4. The monoisotopic (exact) mass is 396 g/mol. The molecule has 0 saturated heterocycles. The first-order chi connectivity index (χ1) is 13.7. The van der Waals surface area contributed by atoms with Crippen molar-refractivity contribution in [2.24, 2.45) is 0 Å². The lowest BCUT2D eigenvalue weighted by molar-refractivity contribution is -0.114. The van der Waals surface area contributed by atoms with Crippen molar-refractivity contribution in [3.63, 3.8) is 0 Å². The summed E-state index contributed by atoms with van der Waals surface area (Å²) in [5.74, 6) is 1.66. The van der Waals surface area contributed by atoms with E-state index in [9.17, 15) is 4.79 Å². The van der Waals surface area contributed by atoms with E-state index in [1.165, 1.54) is 0 Å². The fourth-order valence-electron chi connectivity index (χ4n) is 2.57. The van der Waals surface area contributed by atoms with Gasteiger partial charge in [-0.2, -0.15) is 0 Å². The fourth-order valence-corrected chi connectivity index (χ4v) is 2.74. The minimum absolute atomic E-state index is 0.0708. The molecule has 0 unspecified atom stereocenters. The van der Waals surface area contributed by atoms with Crippen molar-refractivity contribution < 1.29 is 14.3 Å². The largest absolute Gasteiger partial charge is 0.492 e. The van der Waals surface area contributed by atoms with Crippen LogP contribution in [-0.2, 0) is 4.79 Å². The Kier molecular flexibility index (Phi) is 6.76. The van der Waals surface area contributed by atoms with Gasteiger partial charge in [-0.25, -0.2) is 0 Å². The van der Waals surface area contributed by atoms with Gasteiger partial charge in [0.25, 0.3) is 0 Å². The van der Waals surface area contributed by atoms with Crippen LogP contribution in [0.2, 0.25) is 5.02 Å². The van der Waals surface area contributed by atoms with Crippen LogP contribution in [0.4, 0.5) is 11.4 Å². The van der Waals surface area contributed by atoms with Gasteiger partial charge >= 0.3 is 0 Å². The summed E-state index contributed by atoms with van der Waals surface area (Å²) in [7, 11) is 0. The molecule has 2 N–H and O–H groups in total. The van der Waals surface area contributed by atoms with Crippen molar-refractivity contribution in [1.82, 2.24) is 0 Å². The Morgan fingerprint density at radius 3 is 2.46 bits per heavy atom. The molecule has 144 valence electrons. The lowest BCUT2D eigenvalue weighted by Crippen LogP contribution is -2.22. The topological polar surface area (TPSA) is 59.6 Å². The Labute approximate surface area is 169 Å². The quantitative estimate of drug-likeness (QED) is 0.521. The molecule has 0 spiro atoms. The number of hydrogen-bond donors (Lipinski definition) is 2. The van der Waals surface area contributed by atoms with E-state index in [0.717, 1.165) is 5.69 Å². The van der Waals surface area contributed by atoms with Crippen LogP contribution in [0.5, 0.6) is 17.2 Å². The first-order valence-corrected chi connectivity index (χ1v) is 9.31. The van der Waals surface area contributed by atoms with E-state index in [2.05, 4.69) is 10.6 Å². The average Bonchev–Trinajstić information content (AvgIpc) is 2.70. The van der Waals surface area contributed by atoms with E-state index in [0.29, 0.717) is 34.6 Å². The van der Waals surface area contributed by atoms with Gasteiger partial charge in [0.15, 0.2) is 5.75 Å². The van der Waals surface area contributed by atoms with Crippen LogP contribution in [-0.4, -0.2) is 19.1 Å². The summed E-state index contributed by atoms with van der Waals surface area (Å²) in [6.45, 7) is 2.53. The van der Waals surface area contributed by atoms with E-state index in [1.54, 1.807) is 18.2 Å². The third-order valence-electron chi connectivity index (χ3n) is 3.81. The molecule has 6 heteroatoms. The van der Waals surface area contributed by atoms with E-state index in [-0.39, 0.29) is 12.5 Å². The Morgan fingerprint density at radius 2 is 1.68 bits per heavy atom. The number of carbonyl (C=O) groups excluding carboxylic acids is 1. The molecule has 0 bridgehead atoms. The fraction of sp³-hybridized carbons (Fsp3) is 0.136. The minimum atomic E-state index is -0.230. The molecule has 0 atom stereocenters. The number of carbonyl (C=O) groups is 1. The molecule has 0 fully saturated rings. The maximum atomic E-state index is 12.5. The van der Waals surface area contributed by atoms with Gasteiger partial charge < -0.3 is 20.1 Å². The number of nitrogens with one attached hydrogen (secondary N) is 2. The number of benzene rings is 3. The minimum Gasteiger partial charge on any atom is -0.492 e. The third-order valence-corrected chi connectivity index (χ3v) is 4.05. The Hall–Kier alpha value is -3.18. The summed E-state index contributed by atoms with van der Waals surface area (Å²) < 4.78 is 11.4. The van der Waals surface area contributed by atoms with Gasteiger partial charge in [-0.3, -0.25) is 4.79 Å². The van der Waals surface area contributed by atoms with Crippen molar-refractivity contribution in [2.75, 3.05) is 23.8 Å². The highest BCUT2D eigenvalue weighted by atomic mass is 35.5. The zero-order chi connectivity index (χ0) is 19.8. The summed E-state index contributed by atoms with van der Waals surface area (Å²) in [5.41, 5.74) is 1.26. The highest BCUT2D eigenvalue weighted by Crippen LogP contribution is 2.32. The molecule has 0 aliphatic carbocycles. The first-order valence-electron chi connectivity index (χ1n) is 8.93. The van der Waals surface area contributed by atoms with Gasteiger partial charge in [0.2, 0.25) is 5.91 Å². The normalized spacial score (nSPS) is 10.2. The second-order valence-corrected chi connectivity index (χ2v) is 6.32. The summed E-state index contributed by atoms with van der Waals surface area (Å²) in [5, 5.41) is 6.44. The molecule has 1 amide bonds. The molecule has 0 saturated carbocycles. The second kappa shape index (κ2) is 9.67. The van der Waals surface area contributed by atoms with Crippen molar-refractivity contribution in [3.05, 3.63) is 77.8 Å². The summed E-state index contributed by atoms with van der Waals surface area (Å²) in [6.07, 6.45) is 0. The number of hydrogen-bond acceptors (Lipinski definition) is 4. The molecule has 5 nitrogen and oxygen atoms in total. The van der Waals surface area contributed by atoms with Crippen LogP contribution in [0, 0.1) is 0 Å². The van der Waals surface area contributed by atoms with E-state index in [4.69, 9.17) is 21.1 Å². The van der Waals surface area contributed by atoms with Crippen molar-refractivity contribution in [2.45, 2.75) is 6.92 Å². The molecule has 0 radical (unpaired) electrons. The van der Waals surface area contributed by atoms with E-state index in [1.807, 2.05) is 61.5 Å². The van der Waals surface area contributed by atoms with Crippen molar-refractivity contribution in [1.29, 1.82) is 0 Å². The van der Waals surface area contributed by atoms with Gasteiger partial charge in [-0.05, 0) is 49.4 Å². The molecule has 3 aromatic carbocycles. The van der Waals surface area contributed by atoms with Crippen LogP contribution in [0.25, 0.3) is 0 Å². The predicted octanol–water partition coefficient (Wildman–Crippen LogP) is 5.58. The number of amides is 1. The molecular weight excluding hydrogens is 376 g/mol. The number of rotatable bonds is 8. The highest BCUT2D eigenvalue weighted by Gasteiger charge is 2.11. The zero-order valence-corrected chi connectivity index (χ0v) is 16.2. The lowest BCUT2D eigenvalue weighted by Gasteiger charge is -2.14. The summed E-state index contributed by atoms with van der Waals surface area (Å²) in [6, 6.07) is 21.9. The highest BCUT2D eigenvalue weighted by molar-refractivity contribution is 6.31. The van der Waals surface area contributed by atoms with Crippen LogP contribution in [0.3, 0.4) is 0 Å². The summed E-state index contributed by atoms with van der Waals surface area (Å²) >= 11 is 6.09. The average molecular weight is 397 g/mol. The second-order valence-electron chi connectivity index (χ2n) is 5.89. The van der Waals surface area contributed by atoms with Crippen molar-refractivity contribution in [3.8, 4) is 17.2 Å². The van der Waals surface area contributed by atoms with Gasteiger partial charge in [-0.15, -0.1) is 0 Å². The van der Waals surface area contributed by atoms with Crippen LogP contribution >= 0.6 is 11.6 Å². The molecule has 3 aromatic rings. The smallest absolute Gasteiger partial charge is 0.243 e. The van der Waals surface area contributed by atoms with Crippen LogP contribution < -0.4 is 20.1 Å². The lowest BCUT2D eigenvalue weighted by atomic mass is 10.2. The first kappa shape index (κ1) is 19.6. The Balaban J connectivity index is 1.68. The molecule has 0 heterocycles. The Bertz CT molecular complexity index is 932.